The monoisotopic (exact) mass is 1970 g/mol. The normalized spacial score (nSPS) is 17.1. The largest absolute Gasteiger partial charge is 0.497 e. The predicted octanol–water partition coefficient (Wildman–Crippen LogP) is 17.2. The van der Waals surface area contributed by atoms with Crippen molar-refractivity contribution in [2.45, 2.75) is 158 Å². The van der Waals surface area contributed by atoms with E-state index in [1.165, 1.54) is 33.3 Å². The van der Waals surface area contributed by atoms with Crippen LogP contribution in [0.1, 0.15) is 165 Å². The summed E-state index contributed by atoms with van der Waals surface area (Å²) in [7, 11) is -0.718. The summed E-state index contributed by atoms with van der Waals surface area (Å²) in [4.78, 5) is 123. The standard InChI is InChI=1S/C104H111N15O21P2/c1-66(2)119(67(3)4)141(134-54-22-50-105)139-86-56-91(118-65-110-95-98(118)113-101(114-100(95)124)111-90(121)34-20-52-115(5)102(125)131-59-84-80-30-16-12-26-76(80)77-27-13-17-31-81(77)84)138-89(86)62-136-142(127,135-55-23-51-106)140-87-57-92(137-88(87)61-133-104(70-24-10-9-11-25-70,71-41-46-74(128-7)47-42-71)72-43-48-75(129-8)49-44-72)117-64-109-94-96(107-63-108-97(94)117)112-99(123)69-39-36-68(37-40-69)38-45-73(120)58-130-93(122)35-21-53-116(6)103(126)132-60-85-82-32-18-14-28-78(82)79-29-15-19-33-83(79)85/h9-19,24-33,36-37,39-44,46-49,63-67,84-89,91-92H,20-23,34-35,38,45,52-62H2,1-8H3,(H,107,108,112,123)(H2,111,113,114,121,124)/t86?,87?,88-,89-,91-,92-,141?,142?/m1/s1. The SMILES string of the molecule is COc1ccc(C(OC[C@H]2O[C@@H](n3cnc4c(NC(=O)c5ccc(CCC(=O)COC(=O)CCCN(C)C(=O)OCC6c7ccccc7-c7ccccc76)cc5)ncnc43)CC2OP(=O)(OCCC#N)OC[C@H]2O[C@@H](n3cnc4c(=O)[nH]c(NC(=O)CCCN(C)C(=O)OCC5c6ccccc6-c6ccccc65)nc43)CC2OP(OCCC#N)N(C(C)C)C(C)C)(c2ccccc2)c2ccc(OC)cc2)cc1. The van der Waals surface area contributed by atoms with E-state index in [1.807, 2.05) is 190 Å². The highest BCUT2D eigenvalue weighted by atomic mass is 31.2. The highest BCUT2D eigenvalue weighted by Crippen LogP contribution is 2.57. The summed E-state index contributed by atoms with van der Waals surface area (Å²) in [5, 5.41) is 25.4. The summed E-state index contributed by atoms with van der Waals surface area (Å²) >= 11 is 0. The Hall–Kier alpha value is -13.8. The van der Waals surface area contributed by atoms with Gasteiger partial charge < -0.3 is 62.1 Å². The second-order valence-electron chi connectivity index (χ2n) is 35.2. The highest BCUT2D eigenvalue weighted by Gasteiger charge is 2.49. The van der Waals surface area contributed by atoms with Crippen molar-refractivity contribution in [3.63, 3.8) is 0 Å². The number of rotatable bonds is 46. The predicted molar refractivity (Wildman–Crippen MR) is 525 cm³/mol. The number of ketones is 1. The molecule has 38 heteroatoms. The number of nitriles is 2. The lowest BCUT2D eigenvalue weighted by molar-refractivity contribution is -0.148. The number of imidazole rings is 2. The van der Waals surface area contributed by atoms with Crippen molar-refractivity contribution < 1.29 is 93.8 Å². The van der Waals surface area contributed by atoms with E-state index in [0.29, 0.717) is 28.2 Å². The Morgan fingerprint density at radius 2 is 1.08 bits per heavy atom. The molecule has 0 radical (unpaired) electrons. The van der Waals surface area contributed by atoms with Crippen LogP contribution in [0.4, 0.5) is 21.4 Å². The van der Waals surface area contributed by atoms with Crippen LogP contribution < -0.4 is 25.7 Å². The number of phosphoric ester groups is 1. The Balaban J connectivity index is 0.612. The third-order valence-electron chi connectivity index (χ3n) is 25.3. The van der Waals surface area contributed by atoms with Crippen LogP contribution in [0.5, 0.6) is 11.5 Å². The van der Waals surface area contributed by atoms with E-state index in [4.69, 9.17) is 70.5 Å². The average molecular weight is 1970 g/mol. The average Bonchev–Trinajstić information content (AvgIpc) is 0.923. The molecule has 2 saturated heterocycles. The number of amides is 4. The number of benzene rings is 8. The maximum atomic E-state index is 16.3. The van der Waals surface area contributed by atoms with Gasteiger partial charge in [0, 0.05) is 88.8 Å². The number of nitrogens with zero attached hydrogens (tertiary/aromatic N) is 12. The molecule has 738 valence electrons. The van der Waals surface area contributed by atoms with Crippen LogP contribution in [-0.2, 0) is 82.0 Å². The zero-order valence-corrected chi connectivity index (χ0v) is 81.6. The summed E-state index contributed by atoms with van der Waals surface area (Å²) in [6.07, 6.45) is -3.55. The number of hydrogen-bond acceptors (Lipinski definition) is 29. The zero-order valence-electron chi connectivity index (χ0n) is 79.8. The van der Waals surface area contributed by atoms with Crippen LogP contribution in [0.25, 0.3) is 44.6 Å². The van der Waals surface area contributed by atoms with Crippen molar-refractivity contribution in [3.05, 3.63) is 280 Å². The van der Waals surface area contributed by atoms with Gasteiger partial charge in [-0.05, 0) is 150 Å². The number of carbonyl (C=O) groups excluding carboxylic acids is 6. The number of nitrogens with one attached hydrogen (secondary N) is 3. The smallest absolute Gasteiger partial charge is 0.475 e. The molecule has 2 aliphatic heterocycles. The number of carbonyl (C=O) groups is 6. The van der Waals surface area contributed by atoms with Gasteiger partial charge in [-0.3, -0.25) is 57.0 Å². The van der Waals surface area contributed by atoms with E-state index in [9.17, 15) is 44.1 Å². The molecule has 4 amide bonds. The molecule has 4 unspecified atom stereocenters. The molecule has 0 bridgehead atoms. The first kappa shape index (κ1) is 101. The highest BCUT2D eigenvalue weighted by molar-refractivity contribution is 7.48. The summed E-state index contributed by atoms with van der Waals surface area (Å²) in [5.74, 6) is -1.25. The quantitative estimate of drug-likeness (QED) is 0.0105. The summed E-state index contributed by atoms with van der Waals surface area (Å²) in [6.45, 7) is 6.75. The van der Waals surface area contributed by atoms with Gasteiger partial charge in [0.25, 0.3) is 20.0 Å². The van der Waals surface area contributed by atoms with Crippen molar-refractivity contribution in [1.82, 2.24) is 53.5 Å². The molecule has 0 saturated carbocycles. The molecular formula is C104H111N15O21P2. The van der Waals surface area contributed by atoms with Crippen LogP contribution in [0.3, 0.4) is 0 Å². The molecule has 4 aliphatic rings. The van der Waals surface area contributed by atoms with E-state index >= 15 is 4.57 Å². The minimum atomic E-state index is -5.02. The fourth-order valence-corrected chi connectivity index (χ4v) is 21.4. The number of ether oxygens (including phenoxy) is 8. The molecule has 4 aromatic heterocycles. The molecule has 12 aromatic rings. The number of H-pyrrole nitrogens is 1. The topological polar surface area (TPSA) is 428 Å². The molecular weight excluding hydrogens is 1860 g/mol. The molecule has 16 rings (SSSR count). The Kier molecular flexibility index (Phi) is 33.3. The molecule has 6 heterocycles. The van der Waals surface area contributed by atoms with Gasteiger partial charge in [0.1, 0.15) is 74.0 Å². The molecule has 2 fully saturated rings. The van der Waals surface area contributed by atoms with Gasteiger partial charge in [-0.25, -0.2) is 38.8 Å². The van der Waals surface area contributed by atoms with Crippen LogP contribution in [-0.4, -0.2) is 213 Å². The maximum absolute atomic E-state index is 16.3. The molecule has 36 nitrogen and oxygen atoms in total. The summed E-state index contributed by atoms with van der Waals surface area (Å²) in [5.41, 5.74) is 9.85. The number of aromatic nitrogens is 8. The van der Waals surface area contributed by atoms with Crippen LogP contribution >= 0.6 is 16.3 Å². The lowest BCUT2D eigenvalue weighted by Crippen LogP contribution is -2.38. The van der Waals surface area contributed by atoms with Gasteiger partial charge in [-0.15, -0.1) is 0 Å². The first-order valence-corrected chi connectivity index (χ1v) is 49.6. The number of fused-ring (bicyclic) bond motifs is 8. The van der Waals surface area contributed by atoms with E-state index < -0.39 is 114 Å². The van der Waals surface area contributed by atoms with Gasteiger partial charge >= 0.3 is 26.0 Å². The molecule has 2 aliphatic carbocycles. The molecule has 8 atom stereocenters. The van der Waals surface area contributed by atoms with Crippen LogP contribution in [0, 0.1) is 22.7 Å². The van der Waals surface area contributed by atoms with E-state index in [2.05, 4.69) is 60.9 Å². The van der Waals surface area contributed by atoms with Crippen molar-refractivity contribution in [1.29, 1.82) is 10.5 Å². The summed E-state index contributed by atoms with van der Waals surface area (Å²) in [6, 6.07) is 67.0. The van der Waals surface area contributed by atoms with Gasteiger partial charge in [0.05, 0.1) is 84.4 Å². The molecule has 8 aromatic carbocycles. The zero-order chi connectivity index (χ0) is 99.6. The Morgan fingerprint density at radius 1 is 0.570 bits per heavy atom. The van der Waals surface area contributed by atoms with Crippen LogP contribution in [0.15, 0.2) is 224 Å². The Labute approximate surface area is 821 Å². The second-order valence-corrected chi connectivity index (χ2v) is 38.2. The number of hydrogen-bond donors (Lipinski definition) is 3. The fourth-order valence-electron chi connectivity index (χ4n) is 18.3. The molecule has 0 spiro atoms. The van der Waals surface area contributed by atoms with Crippen molar-refractivity contribution >= 4 is 86.2 Å². The minimum Gasteiger partial charge on any atom is -0.497 e. The number of esters is 1. The Morgan fingerprint density at radius 3 is 1.64 bits per heavy atom. The van der Waals surface area contributed by atoms with Gasteiger partial charge in [-0.1, -0.05) is 164 Å². The third-order valence-corrected chi connectivity index (χ3v) is 28.9. The molecule has 142 heavy (non-hydrogen) atoms. The minimum absolute atomic E-state index is 0.00153. The lowest BCUT2D eigenvalue weighted by atomic mass is 9.80. The first-order valence-electron chi connectivity index (χ1n) is 47.0. The van der Waals surface area contributed by atoms with Crippen LogP contribution in [0.2, 0.25) is 0 Å². The number of anilines is 2. The van der Waals surface area contributed by atoms with Crippen molar-refractivity contribution in [3.8, 4) is 45.9 Å². The second kappa shape index (κ2) is 46.7. The number of aryl methyl sites for hydroxylation is 1. The molecule has 3 N–H and O–H groups in total. The van der Waals surface area contributed by atoms with Crippen molar-refractivity contribution in [2.75, 3.05) is 98.3 Å². The number of phosphoric acid groups is 1. The van der Waals surface area contributed by atoms with E-state index in [1.54, 1.807) is 57.1 Å². The van der Waals surface area contributed by atoms with E-state index in [0.717, 1.165) is 50.1 Å². The lowest BCUT2D eigenvalue weighted by Gasteiger charge is -2.37. The van der Waals surface area contributed by atoms with E-state index in [-0.39, 0.29) is 173 Å². The number of methoxy groups -OCH3 is 2. The number of Topliss-reactive ketones (excluding diaryl/α,β-unsaturated/α-hetero) is 1. The van der Waals surface area contributed by atoms with Crippen molar-refractivity contribution in [2.24, 2.45) is 0 Å². The number of aromatic amines is 1. The third kappa shape index (κ3) is 23.5. The fraction of sp³-hybridized carbons (Fsp3) is 0.365. The first-order chi connectivity index (χ1) is 68.9. The van der Waals surface area contributed by atoms with Gasteiger partial charge in [-0.2, -0.15) is 15.5 Å². The Bertz CT molecular complexity index is 6530. The van der Waals surface area contributed by atoms with Gasteiger partial charge in [0.2, 0.25) is 11.9 Å². The summed E-state index contributed by atoms with van der Waals surface area (Å²) < 4.78 is 104. The van der Waals surface area contributed by atoms with Gasteiger partial charge in [0.15, 0.2) is 33.9 Å². The maximum Gasteiger partial charge on any atom is 0.475 e.